The van der Waals surface area contributed by atoms with Gasteiger partial charge in [-0.3, -0.25) is 4.79 Å². The first kappa shape index (κ1) is 11.8. The Hall–Kier alpha value is -0.940. The summed E-state index contributed by atoms with van der Waals surface area (Å²) in [6.45, 7) is 0.188. The van der Waals surface area contributed by atoms with Crippen molar-refractivity contribution in [2.75, 3.05) is 13.2 Å². The Bertz CT molecular complexity index is 88.0. The zero-order valence-corrected chi connectivity index (χ0v) is 5.36. The van der Waals surface area contributed by atoms with Crippen LogP contribution in [0.2, 0.25) is 0 Å². The molecule has 0 unspecified atom stereocenters. The lowest BCUT2D eigenvalue weighted by atomic mass is 10.5. The lowest BCUT2D eigenvalue weighted by molar-refractivity contribution is -0.143. The third-order valence-electron chi connectivity index (χ3n) is 0.417. The molecule has 0 fully saturated rings. The Labute approximate surface area is 57.9 Å². The van der Waals surface area contributed by atoms with Crippen LogP contribution in [0.5, 0.6) is 0 Å². The third kappa shape index (κ3) is 27.7. The molecule has 0 aromatic carbocycles. The molecule has 0 heterocycles. The molecule has 0 atom stereocenters. The quantitative estimate of drug-likeness (QED) is 0.341. The van der Waals surface area contributed by atoms with E-state index >= 15 is 0 Å². The standard InChI is InChI=1S/C3H8O2.C2H2O3/c4-2-1-3-5;3-1-2(4)5/h4-5H,1-3H2;1H,(H,4,5). The van der Waals surface area contributed by atoms with E-state index in [0.29, 0.717) is 6.42 Å². The summed E-state index contributed by atoms with van der Waals surface area (Å²) in [5.74, 6) is -1.43. The Morgan fingerprint density at radius 3 is 1.60 bits per heavy atom. The van der Waals surface area contributed by atoms with Gasteiger partial charge >= 0.3 is 5.97 Å². The monoisotopic (exact) mass is 150 g/mol. The van der Waals surface area contributed by atoms with Crippen molar-refractivity contribution in [2.24, 2.45) is 0 Å². The molecule has 0 bridgehead atoms. The van der Waals surface area contributed by atoms with Gasteiger partial charge in [0.2, 0.25) is 6.29 Å². The molecule has 0 spiro atoms. The van der Waals surface area contributed by atoms with Crippen LogP contribution in [0.1, 0.15) is 6.42 Å². The Kier molecular flexibility index (Phi) is 12.9. The number of hydrogen-bond donors (Lipinski definition) is 3. The van der Waals surface area contributed by atoms with Crippen molar-refractivity contribution >= 4 is 12.3 Å². The van der Waals surface area contributed by atoms with Crippen molar-refractivity contribution in [3.8, 4) is 0 Å². The van der Waals surface area contributed by atoms with Crippen molar-refractivity contribution < 1.29 is 24.9 Å². The minimum Gasteiger partial charge on any atom is -0.476 e. The maximum Gasteiger partial charge on any atom is 0.368 e. The topological polar surface area (TPSA) is 94.8 Å². The molecular weight excluding hydrogens is 140 g/mol. The van der Waals surface area contributed by atoms with Crippen LogP contribution in [0.15, 0.2) is 0 Å². The first-order valence-corrected chi connectivity index (χ1v) is 2.58. The van der Waals surface area contributed by atoms with Gasteiger partial charge in [-0.15, -0.1) is 0 Å². The molecule has 3 N–H and O–H groups in total. The predicted octanol–water partition coefficient (Wildman–Crippen LogP) is -1.37. The van der Waals surface area contributed by atoms with E-state index < -0.39 is 5.97 Å². The predicted molar refractivity (Wildman–Crippen MR) is 32.5 cm³/mol. The molecular formula is C5H10O5. The number of aliphatic hydroxyl groups excluding tert-OH is 2. The molecule has 60 valence electrons. The Morgan fingerprint density at radius 2 is 1.60 bits per heavy atom. The van der Waals surface area contributed by atoms with Gasteiger partial charge in [0.05, 0.1) is 0 Å². The Morgan fingerprint density at radius 1 is 1.30 bits per heavy atom. The smallest absolute Gasteiger partial charge is 0.368 e. The third-order valence-corrected chi connectivity index (χ3v) is 0.417. The fraction of sp³-hybridized carbons (Fsp3) is 0.600. The van der Waals surface area contributed by atoms with Gasteiger partial charge in [0.25, 0.3) is 0 Å². The van der Waals surface area contributed by atoms with E-state index in [1.54, 1.807) is 0 Å². The maximum atomic E-state index is 9.00. The average molecular weight is 150 g/mol. The van der Waals surface area contributed by atoms with Crippen LogP contribution in [-0.2, 0) is 9.59 Å². The summed E-state index contributed by atoms with van der Waals surface area (Å²) in [6, 6.07) is 0. The van der Waals surface area contributed by atoms with E-state index in [4.69, 9.17) is 24.9 Å². The number of carbonyl (C=O) groups is 2. The normalized spacial score (nSPS) is 7.40. The molecule has 0 radical (unpaired) electrons. The minimum absolute atomic E-state index is 0.0938. The largest absolute Gasteiger partial charge is 0.476 e. The van der Waals surface area contributed by atoms with E-state index in [0.717, 1.165) is 0 Å². The van der Waals surface area contributed by atoms with Crippen molar-refractivity contribution in [3.63, 3.8) is 0 Å². The highest BCUT2D eigenvalue weighted by Gasteiger charge is 1.80. The zero-order chi connectivity index (χ0) is 8.41. The SMILES string of the molecule is O=CC(=O)O.OCCCO. The molecule has 0 amide bonds. The maximum absolute atomic E-state index is 9.00. The highest BCUT2D eigenvalue weighted by atomic mass is 16.4. The van der Waals surface area contributed by atoms with Gasteiger partial charge in [-0.1, -0.05) is 0 Å². The van der Waals surface area contributed by atoms with Crippen molar-refractivity contribution in [1.29, 1.82) is 0 Å². The van der Waals surface area contributed by atoms with Crippen LogP contribution < -0.4 is 0 Å². The fourth-order valence-electron chi connectivity index (χ4n) is 0.0707. The molecule has 0 aliphatic heterocycles. The lowest BCUT2D eigenvalue weighted by Gasteiger charge is -1.79. The Balaban J connectivity index is 0. The molecule has 10 heavy (non-hydrogen) atoms. The summed E-state index contributed by atoms with van der Waals surface area (Å²) < 4.78 is 0. The van der Waals surface area contributed by atoms with Gasteiger partial charge in [0.1, 0.15) is 0 Å². The molecule has 0 aromatic rings. The number of aldehydes is 1. The molecule has 0 rings (SSSR count). The van der Waals surface area contributed by atoms with E-state index in [1.807, 2.05) is 0 Å². The van der Waals surface area contributed by atoms with Crippen LogP contribution in [0.4, 0.5) is 0 Å². The van der Waals surface area contributed by atoms with Crippen LogP contribution in [0.3, 0.4) is 0 Å². The lowest BCUT2D eigenvalue weighted by Crippen LogP contribution is -1.91. The second-order valence-electron chi connectivity index (χ2n) is 1.26. The van der Waals surface area contributed by atoms with E-state index in [2.05, 4.69) is 0 Å². The van der Waals surface area contributed by atoms with Gasteiger partial charge in [-0.05, 0) is 6.42 Å². The summed E-state index contributed by atoms with van der Waals surface area (Å²) in [6.07, 6.45) is 0.333. The highest BCUT2D eigenvalue weighted by molar-refractivity contribution is 6.19. The molecule has 0 saturated carbocycles. The van der Waals surface area contributed by atoms with Gasteiger partial charge < -0.3 is 15.3 Å². The fourth-order valence-corrected chi connectivity index (χ4v) is 0.0707. The summed E-state index contributed by atoms with van der Waals surface area (Å²) in [4.78, 5) is 17.9. The van der Waals surface area contributed by atoms with Crippen molar-refractivity contribution in [3.05, 3.63) is 0 Å². The van der Waals surface area contributed by atoms with Gasteiger partial charge in [-0.25, -0.2) is 4.79 Å². The first-order chi connectivity index (χ1) is 4.68. The summed E-state index contributed by atoms with van der Waals surface area (Å²) in [7, 11) is 0. The number of aliphatic hydroxyl groups is 2. The summed E-state index contributed by atoms with van der Waals surface area (Å²) >= 11 is 0. The number of carboxylic acid groups (broad SMARTS) is 1. The summed E-state index contributed by atoms with van der Waals surface area (Å²) in [5.41, 5.74) is 0. The molecule has 0 aromatic heterocycles. The first-order valence-electron chi connectivity index (χ1n) is 2.58. The van der Waals surface area contributed by atoms with Crippen LogP contribution in [0, 0.1) is 0 Å². The number of carbonyl (C=O) groups excluding carboxylic acids is 1. The highest BCUT2D eigenvalue weighted by Crippen LogP contribution is 1.65. The second-order valence-corrected chi connectivity index (χ2v) is 1.26. The van der Waals surface area contributed by atoms with Crippen LogP contribution in [0.25, 0.3) is 0 Å². The molecule has 0 saturated heterocycles. The minimum atomic E-state index is -1.43. The molecule has 5 heteroatoms. The second kappa shape index (κ2) is 10.9. The van der Waals surface area contributed by atoms with Crippen molar-refractivity contribution in [1.82, 2.24) is 0 Å². The van der Waals surface area contributed by atoms with Gasteiger partial charge in [0, 0.05) is 13.2 Å². The number of hydrogen-bond acceptors (Lipinski definition) is 4. The summed E-state index contributed by atoms with van der Waals surface area (Å²) in [5, 5.41) is 23.2. The molecule has 0 aliphatic rings. The van der Waals surface area contributed by atoms with E-state index in [9.17, 15) is 0 Å². The van der Waals surface area contributed by atoms with Gasteiger partial charge in [-0.2, -0.15) is 0 Å². The number of aliphatic carboxylic acids is 1. The van der Waals surface area contributed by atoms with Crippen molar-refractivity contribution in [2.45, 2.75) is 6.42 Å². The molecule has 0 aliphatic carbocycles. The number of rotatable bonds is 3. The number of carboxylic acids is 1. The van der Waals surface area contributed by atoms with Crippen LogP contribution >= 0.6 is 0 Å². The van der Waals surface area contributed by atoms with Gasteiger partial charge in [0.15, 0.2) is 0 Å². The van der Waals surface area contributed by atoms with E-state index in [1.165, 1.54) is 0 Å². The van der Waals surface area contributed by atoms with E-state index in [-0.39, 0.29) is 19.5 Å². The van der Waals surface area contributed by atoms with Crippen LogP contribution in [-0.4, -0.2) is 40.8 Å². The molecule has 5 nitrogen and oxygen atoms in total. The average Bonchev–Trinajstić information content (AvgIpc) is 1.91. The zero-order valence-electron chi connectivity index (χ0n) is 5.36.